The molecule has 0 aliphatic carbocycles. The number of halogens is 5. The van der Waals surface area contributed by atoms with Crippen LogP contribution in [0.3, 0.4) is 0 Å². The Morgan fingerprint density at radius 1 is 1.33 bits per heavy atom. The van der Waals surface area contributed by atoms with Crippen molar-refractivity contribution >= 4 is 28.4 Å². The van der Waals surface area contributed by atoms with Gasteiger partial charge >= 0.3 is 6.18 Å². The highest BCUT2D eigenvalue weighted by Crippen LogP contribution is 2.25. The molecule has 0 amide bonds. The van der Waals surface area contributed by atoms with Gasteiger partial charge in [-0.05, 0) is 36.2 Å². The maximum absolute atomic E-state index is 11.9. The molecule has 0 bridgehead atoms. The van der Waals surface area contributed by atoms with Crippen molar-refractivity contribution in [1.29, 1.82) is 0 Å². The smallest absolute Gasteiger partial charge is 0.389 e. The molecular weight excluding hydrogens is 292 g/mol. The van der Waals surface area contributed by atoms with Crippen LogP contribution in [0.25, 0.3) is 0 Å². The summed E-state index contributed by atoms with van der Waals surface area (Å²) in [6.45, 7) is -0.100. The molecule has 100 valence electrons. The summed E-state index contributed by atoms with van der Waals surface area (Å²) in [6, 6.07) is 4.15. The van der Waals surface area contributed by atoms with E-state index >= 15 is 0 Å². The Labute approximate surface area is 112 Å². The maximum atomic E-state index is 11.9. The lowest BCUT2D eigenvalue weighted by Crippen LogP contribution is -2.09. The fourth-order valence-electron chi connectivity index (χ4n) is 1.21. The number of rotatable bonds is 5. The Morgan fingerprint density at radius 3 is 2.56 bits per heavy atom. The number of carbonyl (C=O) groups is 1. The second-order valence-electron chi connectivity index (χ2n) is 3.48. The van der Waals surface area contributed by atoms with Gasteiger partial charge in [0.2, 0.25) is 0 Å². The molecule has 0 aromatic heterocycles. The summed E-state index contributed by atoms with van der Waals surface area (Å²) >= 11 is 11.0. The second kappa shape index (κ2) is 6.29. The third-order valence-electron chi connectivity index (χ3n) is 2.02. The van der Waals surface area contributed by atoms with E-state index in [2.05, 4.69) is 0 Å². The standard InChI is InChI=1S/C11H9Cl2F3O2/c12-9-3-2-7(6-8(9)10(13)17)18-5-1-4-11(14,15)16/h2-3,6H,1,4-5H2. The predicted octanol–water partition coefficient (Wildman–Crippen LogP) is 4.44. The number of hydrogen-bond donors (Lipinski definition) is 0. The molecular formula is C11H9Cl2F3O2. The van der Waals surface area contributed by atoms with Crippen LogP contribution in [0.2, 0.25) is 5.02 Å². The molecule has 0 spiro atoms. The van der Waals surface area contributed by atoms with Crippen LogP contribution in [-0.4, -0.2) is 18.0 Å². The minimum atomic E-state index is -4.19. The molecule has 0 radical (unpaired) electrons. The summed E-state index contributed by atoms with van der Waals surface area (Å²) in [4.78, 5) is 11.0. The van der Waals surface area contributed by atoms with Crippen molar-refractivity contribution in [3.05, 3.63) is 28.8 Å². The molecule has 0 atom stereocenters. The highest BCUT2D eigenvalue weighted by molar-refractivity contribution is 6.68. The lowest BCUT2D eigenvalue weighted by molar-refractivity contribution is -0.136. The second-order valence-corrected chi connectivity index (χ2v) is 4.23. The SMILES string of the molecule is O=C(Cl)c1cc(OCCCC(F)(F)F)ccc1Cl. The van der Waals surface area contributed by atoms with Gasteiger partial charge in [-0.1, -0.05) is 11.6 Å². The van der Waals surface area contributed by atoms with E-state index in [0.29, 0.717) is 0 Å². The molecule has 7 heteroatoms. The highest BCUT2D eigenvalue weighted by Gasteiger charge is 2.26. The minimum absolute atomic E-state index is 0.0617. The van der Waals surface area contributed by atoms with Gasteiger partial charge in [0.15, 0.2) is 0 Å². The first-order valence-corrected chi connectivity index (χ1v) is 5.74. The van der Waals surface area contributed by atoms with Gasteiger partial charge in [0.1, 0.15) is 5.75 Å². The predicted molar refractivity (Wildman–Crippen MR) is 62.4 cm³/mol. The van der Waals surface area contributed by atoms with Crippen molar-refractivity contribution in [2.75, 3.05) is 6.61 Å². The number of alkyl halides is 3. The van der Waals surface area contributed by atoms with Crippen LogP contribution in [0.1, 0.15) is 23.2 Å². The molecule has 0 unspecified atom stereocenters. The molecule has 0 heterocycles. The van der Waals surface area contributed by atoms with Crippen molar-refractivity contribution in [1.82, 2.24) is 0 Å². The molecule has 1 rings (SSSR count). The molecule has 2 nitrogen and oxygen atoms in total. The van der Waals surface area contributed by atoms with Gasteiger partial charge in [0.25, 0.3) is 5.24 Å². The fraction of sp³-hybridized carbons (Fsp3) is 0.364. The zero-order valence-corrected chi connectivity index (χ0v) is 10.6. The van der Waals surface area contributed by atoms with E-state index < -0.39 is 17.8 Å². The summed E-state index contributed by atoms with van der Waals surface area (Å²) in [5.41, 5.74) is 0.0617. The van der Waals surface area contributed by atoms with Crippen LogP contribution >= 0.6 is 23.2 Å². The van der Waals surface area contributed by atoms with Crippen molar-refractivity contribution < 1.29 is 22.7 Å². The number of benzene rings is 1. The Morgan fingerprint density at radius 2 is 2.00 bits per heavy atom. The quantitative estimate of drug-likeness (QED) is 0.593. The first kappa shape index (κ1) is 15.1. The van der Waals surface area contributed by atoms with E-state index in [1.54, 1.807) is 0 Å². The van der Waals surface area contributed by atoms with Crippen molar-refractivity contribution in [3.8, 4) is 5.75 Å². The van der Waals surface area contributed by atoms with E-state index in [1.807, 2.05) is 0 Å². The Balaban J connectivity index is 2.53. The van der Waals surface area contributed by atoms with Crippen LogP contribution in [0, 0.1) is 0 Å². The third-order valence-corrected chi connectivity index (χ3v) is 2.56. The van der Waals surface area contributed by atoms with Gasteiger partial charge in [0.05, 0.1) is 17.2 Å². The first-order valence-electron chi connectivity index (χ1n) is 4.98. The summed E-state index contributed by atoms with van der Waals surface area (Å²) in [7, 11) is 0. The Hall–Kier alpha value is -0.940. The van der Waals surface area contributed by atoms with Crippen LogP contribution < -0.4 is 4.74 Å². The molecule has 18 heavy (non-hydrogen) atoms. The van der Waals surface area contributed by atoms with Crippen LogP contribution in [0.5, 0.6) is 5.75 Å². The average Bonchev–Trinajstić information content (AvgIpc) is 2.24. The van der Waals surface area contributed by atoms with E-state index in [-0.39, 0.29) is 29.4 Å². The van der Waals surface area contributed by atoms with Gasteiger partial charge in [-0.3, -0.25) is 4.79 Å². The first-order chi connectivity index (χ1) is 8.29. The Kier molecular flexibility index (Phi) is 5.28. The molecule has 1 aromatic rings. The average molecular weight is 301 g/mol. The molecule has 0 saturated carbocycles. The molecule has 0 aliphatic heterocycles. The summed E-state index contributed by atoms with van der Waals surface area (Å²) in [5.74, 6) is 0.255. The van der Waals surface area contributed by atoms with Crippen molar-refractivity contribution in [2.24, 2.45) is 0 Å². The van der Waals surface area contributed by atoms with Crippen molar-refractivity contribution in [2.45, 2.75) is 19.0 Å². The zero-order valence-electron chi connectivity index (χ0n) is 9.06. The lowest BCUT2D eigenvalue weighted by Gasteiger charge is -2.09. The van der Waals surface area contributed by atoms with Gasteiger partial charge < -0.3 is 4.74 Å². The molecule has 0 aliphatic rings. The van der Waals surface area contributed by atoms with Gasteiger partial charge in [-0.15, -0.1) is 0 Å². The lowest BCUT2D eigenvalue weighted by atomic mass is 10.2. The van der Waals surface area contributed by atoms with Crippen LogP contribution in [-0.2, 0) is 0 Å². The van der Waals surface area contributed by atoms with Gasteiger partial charge in [-0.25, -0.2) is 0 Å². The number of carbonyl (C=O) groups excluding carboxylic acids is 1. The maximum Gasteiger partial charge on any atom is 0.389 e. The fourth-order valence-corrected chi connectivity index (χ4v) is 1.62. The normalized spacial score (nSPS) is 11.4. The van der Waals surface area contributed by atoms with E-state index in [9.17, 15) is 18.0 Å². The molecule has 0 N–H and O–H groups in total. The van der Waals surface area contributed by atoms with E-state index in [4.69, 9.17) is 27.9 Å². The monoisotopic (exact) mass is 300 g/mol. The molecule has 0 saturated heterocycles. The summed E-state index contributed by atoms with van der Waals surface area (Å²) in [6.07, 6.45) is -5.27. The van der Waals surface area contributed by atoms with Gasteiger partial charge in [-0.2, -0.15) is 13.2 Å². The summed E-state index contributed by atoms with van der Waals surface area (Å²) in [5, 5.41) is -0.585. The summed E-state index contributed by atoms with van der Waals surface area (Å²) < 4.78 is 40.7. The Bertz CT molecular complexity index is 433. The number of ether oxygens (including phenoxy) is 1. The van der Waals surface area contributed by atoms with Crippen LogP contribution in [0.4, 0.5) is 13.2 Å². The van der Waals surface area contributed by atoms with E-state index in [1.165, 1.54) is 18.2 Å². The molecule has 1 aromatic carbocycles. The minimum Gasteiger partial charge on any atom is -0.494 e. The number of hydrogen-bond acceptors (Lipinski definition) is 2. The largest absolute Gasteiger partial charge is 0.494 e. The van der Waals surface area contributed by atoms with E-state index in [0.717, 1.165) is 0 Å². The topological polar surface area (TPSA) is 26.3 Å². The highest BCUT2D eigenvalue weighted by atomic mass is 35.5. The molecule has 0 fully saturated rings. The van der Waals surface area contributed by atoms with Crippen molar-refractivity contribution in [3.63, 3.8) is 0 Å². The third kappa shape index (κ3) is 5.14. The van der Waals surface area contributed by atoms with Crippen LogP contribution in [0.15, 0.2) is 18.2 Å². The zero-order chi connectivity index (χ0) is 13.8. The van der Waals surface area contributed by atoms with Gasteiger partial charge in [0, 0.05) is 6.42 Å².